The number of amides is 2. The number of hydrazone groups is 1. The van der Waals surface area contributed by atoms with Crippen molar-refractivity contribution in [3.63, 3.8) is 0 Å². The van der Waals surface area contributed by atoms with Crippen molar-refractivity contribution in [3.05, 3.63) is 81.8 Å². The van der Waals surface area contributed by atoms with Crippen molar-refractivity contribution >= 4 is 46.9 Å². The minimum Gasteiger partial charge on any atom is -0.495 e. The molecule has 0 bridgehead atoms. The number of ether oxygens (including phenoxy) is 3. The van der Waals surface area contributed by atoms with Crippen LogP contribution in [0.15, 0.2) is 65.8 Å². The molecule has 0 fully saturated rings. The van der Waals surface area contributed by atoms with Crippen LogP contribution in [0.25, 0.3) is 0 Å². The van der Waals surface area contributed by atoms with Crippen molar-refractivity contribution in [2.45, 2.75) is 6.61 Å². The van der Waals surface area contributed by atoms with E-state index < -0.39 is 11.8 Å². The van der Waals surface area contributed by atoms with Crippen LogP contribution in [0.4, 0.5) is 5.69 Å². The molecule has 3 rings (SSSR count). The molecule has 2 N–H and O–H groups in total. The van der Waals surface area contributed by atoms with Crippen LogP contribution in [0.1, 0.15) is 11.1 Å². The predicted molar refractivity (Wildman–Crippen MR) is 131 cm³/mol. The highest BCUT2D eigenvalue weighted by molar-refractivity contribution is 6.39. The van der Waals surface area contributed by atoms with Crippen molar-refractivity contribution < 1.29 is 23.8 Å². The van der Waals surface area contributed by atoms with Crippen LogP contribution >= 0.6 is 23.2 Å². The quantitative estimate of drug-likeness (QED) is 0.265. The van der Waals surface area contributed by atoms with Crippen molar-refractivity contribution in [1.82, 2.24) is 5.43 Å². The summed E-state index contributed by atoms with van der Waals surface area (Å²) < 4.78 is 16.3. The number of hydrogen-bond donors (Lipinski definition) is 2. The van der Waals surface area contributed by atoms with Gasteiger partial charge in [0.1, 0.15) is 12.4 Å². The molecule has 3 aromatic rings. The van der Waals surface area contributed by atoms with E-state index in [-0.39, 0.29) is 6.61 Å². The first kappa shape index (κ1) is 24.9. The van der Waals surface area contributed by atoms with E-state index in [0.717, 1.165) is 5.56 Å². The average molecular weight is 502 g/mol. The Hall–Kier alpha value is -3.75. The number of methoxy groups -OCH3 is 2. The van der Waals surface area contributed by atoms with E-state index in [9.17, 15) is 9.59 Å². The van der Waals surface area contributed by atoms with Gasteiger partial charge < -0.3 is 19.5 Å². The minimum absolute atomic E-state index is 0.219. The van der Waals surface area contributed by atoms with Gasteiger partial charge in [-0.05, 0) is 48.0 Å². The lowest BCUT2D eigenvalue weighted by Gasteiger charge is -2.12. The minimum atomic E-state index is -0.936. The Morgan fingerprint density at radius 3 is 2.41 bits per heavy atom. The van der Waals surface area contributed by atoms with Gasteiger partial charge >= 0.3 is 11.8 Å². The first-order valence-corrected chi connectivity index (χ1v) is 10.7. The molecule has 8 nitrogen and oxygen atoms in total. The summed E-state index contributed by atoms with van der Waals surface area (Å²) in [4.78, 5) is 24.1. The largest absolute Gasteiger partial charge is 0.495 e. The average Bonchev–Trinajstić information content (AvgIpc) is 2.84. The van der Waals surface area contributed by atoms with E-state index >= 15 is 0 Å². The van der Waals surface area contributed by atoms with Crippen LogP contribution in [0.5, 0.6) is 17.2 Å². The number of carbonyl (C=O) groups is 2. The summed E-state index contributed by atoms with van der Waals surface area (Å²) in [6.07, 6.45) is 1.37. The van der Waals surface area contributed by atoms with Crippen LogP contribution in [-0.4, -0.2) is 32.2 Å². The summed E-state index contributed by atoms with van der Waals surface area (Å²) in [7, 11) is 2.97. The number of para-hydroxylation sites is 2. The molecule has 0 saturated heterocycles. The summed E-state index contributed by atoms with van der Waals surface area (Å²) in [6.45, 7) is 0.219. The monoisotopic (exact) mass is 501 g/mol. The van der Waals surface area contributed by atoms with E-state index in [1.165, 1.54) is 20.4 Å². The number of hydrogen-bond acceptors (Lipinski definition) is 6. The van der Waals surface area contributed by atoms with E-state index in [2.05, 4.69) is 15.8 Å². The Morgan fingerprint density at radius 1 is 0.912 bits per heavy atom. The topological polar surface area (TPSA) is 98.2 Å². The highest BCUT2D eigenvalue weighted by Crippen LogP contribution is 2.30. The molecular formula is C24H21Cl2N3O5. The Kier molecular flexibility index (Phi) is 8.73. The van der Waals surface area contributed by atoms with Gasteiger partial charge in [0.15, 0.2) is 11.5 Å². The molecule has 0 heterocycles. The number of halogens is 2. The van der Waals surface area contributed by atoms with Gasteiger partial charge in [-0.2, -0.15) is 5.10 Å². The van der Waals surface area contributed by atoms with Gasteiger partial charge in [0.2, 0.25) is 0 Å². The van der Waals surface area contributed by atoms with E-state index in [1.807, 2.05) is 0 Å². The summed E-state index contributed by atoms with van der Waals surface area (Å²) in [5, 5.41) is 7.33. The van der Waals surface area contributed by atoms with Gasteiger partial charge in [0.05, 0.1) is 26.1 Å². The fraction of sp³-hybridized carbons (Fsp3) is 0.125. The molecule has 0 aliphatic heterocycles. The second-order valence-corrected chi connectivity index (χ2v) is 7.63. The molecule has 0 saturated carbocycles. The summed E-state index contributed by atoms with van der Waals surface area (Å²) in [6, 6.07) is 17.0. The molecule has 0 radical (unpaired) electrons. The second-order valence-electron chi connectivity index (χ2n) is 6.79. The maximum Gasteiger partial charge on any atom is 0.329 e. The Morgan fingerprint density at radius 2 is 1.68 bits per heavy atom. The smallest absolute Gasteiger partial charge is 0.329 e. The number of nitrogens with one attached hydrogen (secondary N) is 2. The number of nitrogens with zero attached hydrogens (tertiary/aromatic N) is 1. The number of rotatable bonds is 8. The molecule has 2 amide bonds. The first-order chi connectivity index (χ1) is 16.4. The van der Waals surface area contributed by atoms with Crippen molar-refractivity contribution in [3.8, 4) is 17.2 Å². The Bertz CT molecular complexity index is 1220. The molecule has 0 unspecified atom stereocenters. The maximum absolute atomic E-state index is 12.1. The zero-order valence-electron chi connectivity index (χ0n) is 18.3. The molecule has 10 heteroatoms. The third-order valence-electron chi connectivity index (χ3n) is 4.53. The van der Waals surface area contributed by atoms with Crippen LogP contribution < -0.4 is 25.0 Å². The number of anilines is 1. The lowest BCUT2D eigenvalue weighted by atomic mass is 10.2. The lowest BCUT2D eigenvalue weighted by molar-refractivity contribution is -0.136. The standard InChI is InChI=1S/C24H21Cl2N3O5/c1-32-20-6-4-3-5-19(20)28-23(30)24(31)29-27-13-15-7-10-21(22(11-15)33-2)34-14-16-8-9-17(25)12-18(16)26/h3-13H,14H2,1-2H3,(H,28,30)(H,29,31). The predicted octanol–water partition coefficient (Wildman–Crippen LogP) is 4.68. The van der Waals surface area contributed by atoms with Gasteiger partial charge in [-0.3, -0.25) is 9.59 Å². The molecule has 0 spiro atoms. The fourth-order valence-corrected chi connectivity index (χ4v) is 3.28. The van der Waals surface area contributed by atoms with E-state index in [1.54, 1.807) is 60.7 Å². The molecule has 0 atom stereocenters. The zero-order chi connectivity index (χ0) is 24.5. The van der Waals surface area contributed by atoms with Crippen LogP contribution in [0.3, 0.4) is 0 Å². The van der Waals surface area contributed by atoms with Gasteiger partial charge in [-0.25, -0.2) is 5.43 Å². The number of carbonyl (C=O) groups excluding carboxylic acids is 2. The molecule has 34 heavy (non-hydrogen) atoms. The van der Waals surface area contributed by atoms with Crippen molar-refractivity contribution in [2.24, 2.45) is 5.10 Å². The number of benzene rings is 3. The van der Waals surface area contributed by atoms with Gasteiger partial charge in [-0.15, -0.1) is 0 Å². The third kappa shape index (κ3) is 6.63. The van der Waals surface area contributed by atoms with Crippen LogP contribution in [0, 0.1) is 0 Å². The van der Waals surface area contributed by atoms with E-state index in [0.29, 0.717) is 38.5 Å². The summed E-state index contributed by atoms with van der Waals surface area (Å²) in [5.41, 5.74) is 3.93. The molecule has 0 aliphatic rings. The SMILES string of the molecule is COc1ccccc1NC(=O)C(=O)NN=Cc1ccc(OCc2ccc(Cl)cc2Cl)c(OC)c1. The summed E-state index contributed by atoms with van der Waals surface area (Å²) in [5.74, 6) is -0.446. The van der Waals surface area contributed by atoms with Crippen LogP contribution in [0.2, 0.25) is 10.0 Å². The van der Waals surface area contributed by atoms with Crippen molar-refractivity contribution in [1.29, 1.82) is 0 Å². The van der Waals surface area contributed by atoms with Crippen LogP contribution in [-0.2, 0) is 16.2 Å². The Labute approximate surface area is 206 Å². The molecular weight excluding hydrogens is 481 g/mol. The third-order valence-corrected chi connectivity index (χ3v) is 5.11. The van der Waals surface area contributed by atoms with Crippen molar-refractivity contribution in [2.75, 3.05) is 19.5 Å². The fourth-order valence-electron chi connectivity index (χ4n) is 2.82. The van der Waals surface area contributed by atoms with E-state index in [4.69, 9.17) is 37.4 Å². The van der Waals surface area contributed by atoms with Gasteiger partial charge in [0.25, 0.3) is 0 Å². The molecule has 0 aliphatic carbocycles. The lowest BCUT2D eigenvalue weighted by Crippen LogP contribution is -2.32. The molecule has 3 aromatic carbocycles. The van der Waals surface area contributed by atoms with Gasteiger partial charge in [0, 0.05) is 15.6 Å². The zero-order valence-corrected chi connectivity index (χ0v) is 19.8. The summed E-state index contributed by atoms with van der Waals surface area (Å²) >= 11 is 12.1. The highest BCUT2D eigenvalue weighted by atomic mass is 35.5. The highest BCUT2D eigenvalue weighted by Gasteiger charge is 2.15. The van der Waals surface area contributed by atoms with Gasteiger partial charge in [-0.1, -0.05) is 41.4 Å². The normalized spacial score (nSPS) is 10.6. The second kappa shape index (κ2) is 11.9. The molecule has 0 aromatic heterocycles. The molecule has 176 valence electrons. The maximum atomic E-state index is 12.1. The first-order valence-electron chi connectivity index (χ1n) is 9.93. The Balaban J connectivity index is 1.59.